The van der Waals surface area contributed by atoms with Crippen molar-refractivity contribution in [2.75, 3.05) is 16.8 Å². The molecule has 0 heterocycles. The van der Waals surface area contributed by atoms with Gasteiger partial charge in [-0.05, 0) is 44.2 Å². The molecule has 22 heavy (non-hydrogen) atoms. The van der Waals surface area contributed by atoms with Gasteiger partial charge in [-0.3, -0.25) is 4.79 Å². The van der Waals surface area contributed by atoms with Crippen LogP contribution in [0.25, 0.3) is 0 Å². The smallest absolute Gasteiger partial charge is 0.255 e. The highest BCUT2D eigenvalue weighted by Gasteiger charge is 2.13. The number of amides is 1. The molecule has 2 aromatic rings. The van der Waals surface area contributed by atoms with Gasteiger partial charge < -0.3 is 10.2 Å². The van der Waals surface area contributed by atoms with Gasteiger partial charge in [-0.2, -0.15) is 5.26 Å². The van der Waals surface area contributed by atoms with Gasteiger partial charge in [0.15, 0.2) is 0 Å². The third-order valence-corrected chi connectivity index (χ3v) is 3.47. The van der Waals surface area contributed by atoms with Crippen molar-refractivity contribution in [1.29, 1.82) is 5.26 Å². The molecule has 4 nitrogen and oxygen atoms in total. The fourth-order valence-corrected chi connectivity index (χ4v) is 2.30. The summed E-state index contributed by atoms with van der Waals surface area (Å²) in [5, 5.41) is 12.0. The van der Waals surface area contributed by atoms with E-state index in [1.807, 2.05) is 61.2 Å². The minimum absolute atomic E-state index is 0.144. The molecule has 0 saturated heterocycles. The van der Waals surface area contributed by atoms with E-state index in [9.17, 15) is 4.79 Å². The largest absolute Gasteiger partial charge is 0.356 e. The fraction of sp³-hybridized carbons (Fsp3) is 0.222. The van der Waals surface area contributed by atoms with Crippen molar-refractivity contribution in [3.05, 3.63) is 60.2 Å². The van der Waals surface area contributed by atoms with Gasteiger partial charge in [-0.15, -0.1) is 0 Å². The number of rotatable bonds is 5. The first-order chi connectivity index (χ1) is 10.7. The monoisotopic (exact) mass is 293 g/mol. The second-order valence-corrected chi connectivity index (χ2v) is 4.96. The number of benzene rings is 2. The molecule has 0 saturated carbocycles. The number of hydrogen-bond acceptors (Lipinski definition) is 3. The van der Waals surface area contributed by atoms with E-state index >= 15 is 0 Å². The number of nitriles is 1. The predicted octanol–water partition coefficient (Wildman–Crippen LogP) is 3.68. The fourth-order valence-electron chi connectivity index (χ4n) is 2.30. The first kappa shape index (κ1) is 15.6. The Balaban J connectivity index is 2.18. The molecule has 112 valence electrons. The molecule has 1 atom stereocenters. The summed E-state index contributed by atoms with van der Waals surface area (Å²) in [4.78, 5) is 14.2. The summed E-state index contributed by atoms with van der Waals surface area (Å²) in [6.07, 6.45) is 0. The van der Waals surface area contributed by atoms with Gasteiger partial charge in [-0.1, -0.05) is 24.3 Å². The average Bonchev–Trinajstić information content (AvgIpc) is 2.56. The van der Waals surface area contributed by atoms with Crippen molar-refractivity contribution >= 4 is 17.3 Å². The van der Waals surface area contributed by atoms with E-state index < -0.39 is 0 Å². The van der Waals surface area contributed by atoms with Crippen molar-refractivity contribution < 1.29 is 4.79 Å². The summed E-state index contributed by atoms with van der Waals surface area (Å²) in [5.41, 5.74) is 2.25. The number of anilines is 2. The van der Waals surface area contributed by atoms with E-state index in [1.54, 1.807) is 12.1 Å². The van der Waals surface area contributed by atoms with Crippen LogP contribution >= 0.6 is 0 Å². The van der Waals surface area contributed by atoms with Crippen LogP contribution in [0.5, 0.6) is 0 Å². The maximum absolute atomic E-state index is 12.2. The van der Waals surface area contributed by atoms with Crippen LogP contribution in [0.2, 0.25) is 0 Å². The van der Waals surface area contributed by atoms with E-state index in [2.05, 4.69) is 11.4 Å². The number of nitrogens with zero attached hydrogens (tertiary/aromatic N) is 2. The van der Waals surface area contributed by atoms with Crippen molar-refractivity contribution in [3.8, 4) is 6.07 Å². The zero-order valence-corrected chi connectivity index (χ0v) is 12.8. The Morgan fingerprint density at radius 3 is 2.59 bits per heavy atom. The quantitative estimate of drug-likeness (QED) is 0.915. The topological polar surface area (TPSA) is 56.1 Å². The molecule has 4 heteroatoms. The third kappa shape index (κ3) is 3.64. The van der Waals surface area contributed by atoms with Crippen molar-refractivity contribution in [1.82, 2.24) is 0 Å². The lowest BCUT2D eigenvalue weighted by atomic mass is 10.2. The molecule has 2 rings (SSSR count). The van der Waals surface area contributed by atoms with Gasteiger partial charge in [0.2, 0.25) is 0 Å². The van der Waals surface area contributed by atoms with Gasteiger partial charge in [-0.25, -0.2) is 0 Å². The normalized spacial score (nSPS) is 11.3. The zero-order chi connectivity index (χ0) is 15.9. The first-order valence-corrected chi connectivity index (χ1v) is 7.28. The molecule has 0 spiro atoms. The van der Waals surface area contributed by atoms with E-state index in [4.69, 9.17) is 5.26 Å². The van der Waals surface area contributed by atoms with E-state index in [0.717, 1.165) is 17.9 Å². The molecule has 0 aliphatic heterocycles. The van der Waals surface area contributed by atoms with Crippen LogP contribution in [-0.4, -0.2) is 18.5 Å². The van der Waals surface area contributed by atoms with Crippen LogP contribution in [0.1, 0.15) is 24.2 Å². The Kier molecular flexibility index (Phi) is 5.16. The van der Waals surface area contributed by atoms with Crippen LogP contribution in [0.15, 0.2) is 54.6 Å². The van der Waals surface area contributed by atoms with Crippen molar-refractivity contribution in [2.24, 2.45) is 0 Å². The Labute approximate surface area is 131 Å². The molecule has 0 radical (unpaired) electrons. The minimum atomic E-state index is -0.218. The maximum Gasteiger partial charge on any atom is 0.255 e. The number of hydrogen-bond donors (Lipinski definition) is 1. The molecule has 1 unspecified atom stereocenters. The summed E-state index contributed by atoms with van der Waals surface area (Å²) in [5.74, 6) is -0.144. The van der Waals surface area contributed by atoms with Crippen LogP contribution in [0.3, 0.4) is 0 Å². The second-order valence-electron chi connectivity index (χ2n) is 4.96. The highest BCUT2D eigenvalue weighted by molar-refractivity contribution is 6.04. The highest BCUT2D eigenvalue weighted by atomic mass is 16.1. The number of carbonyl (C=O) groups excluding carboxylic acids is 1. The Bertz CT molecular complexity index is 676. The van der Waals surface area contributed by atoms with E-state index in [0.29, 0.717) is 5.56 Å². The molecule has 0 fully saturated rings. The highest BCUT2D eigenvalue weighted by Crippen LogP contribution is 2.21. The Hall–Kier alpha value is -2.80. The molecule has 1 amide bonds. The summed E-state index contributed by atoms with van der Waals surface area (Å²) in [7, 11) is 0. The zero-order valence-electron chi connectivity index (χ0n) is 12.8. The van der Waals surface area contributed by atoms with Crippen LogP contribution in [-0.2, 0) is 0 Å². The van der Waals surface area contributed by atoms with Gasteiger partial charge in [0.05, 0.1) is 6.07 Å². The standard InChI is InChI=1S/C18H19N3O/c1-3-21(14(2)13-19)17-11-7-10-16(12-17)20-18(22)15-8-5-4-6-9-15/h4-12,14H,3H2,1-2H3,(H,20,22). The van der Waals surface area contributed by atoms with Crippen LogP contribution in [0.4, 0.5) is 11.4 Å². The van der Waals surface area contributed by atoms with Gasteiger partial charge in [0.25, 0.3) is 5.91 Å². The van der Waals surface area contributed by atoms with E-state index in [1.165, 1.54) is 0 Å². The molecular weight excluding hydrogens is 274 g/mol. The van der Waals surface area contributed by atoms with Crippen LogP contribution < -0.4 is 10.2 Å². The SMILES string of the molecule is CCN(c1cccc(NC(=O)c2ccccc2)c1)C(C)C#N. The maximum atomic E-state index is 12.2. The van der Waals surface area contributed by atoms with Crippen LogP contribution in [0, 0.1) is 11.3 Å². The first-order valence-electron chi connectivity index (χ1n) is 7.28. The molecular formula is C18H19N3O. The molecule has 0 aliphatic carbocycles. The molecule has 0 aliphatic rings. The minimum Gasteiger partial charge on any atom is -0.356 e. The third-order valence-electron chi connectivity index (χ3n) is 3.47. The molecule has 2 aromatic carbocycles. The van der Waals surface area contributed by atoms with Crippen molar-refractivity contribution in [2.45, 2.75) is 19.9 Å². The van der Waals surface area contributed by atoms with Gasteiger partial charge in [0.1, 0.15) is 6.04 Å². The Morgan fingerprint density at radius 2 is 1.95 bits per heavy atom. The lowest BCUT2D eigenvalue weighted by Crippen LogP contribution is -2.31. The number of carbonyl (C=O) groups is 1. The number of nitrogens with one attached hydrogen (secondary N) is 1. The molecule has 1 N–H and O–H groups in total. The summed E-state index contributed by atoms with van der Waals surface area (Å²) in [6.45, 7) is 4.59. The van der Waals surface area contributed by atoms with Crippen molar-refractivity contribution in [3.63, 3.8) is 0 Å². The van der Waals surface area contributed by atoms with Gasteiger partial charge >= 0.3 is 0 Å². The summed E-state index contributed by atoms with van der Waals surface area (Å²) >= 11 is 0. The molecule has 0 aromatic heterocycles. The molecule has 0 bridgehead atoms. The van der Waals surface area contributed by atoms with E-state index in [-0.39, 0.29) is 11.9 Å². The Morgan fingerprint density at radius 1 is 1.23 bits per heavy atom. The predicted molar refractivity (Wildman–Crippen MR) is 88.9 cm³/mol. The second kappa shape index (κ2) is 7.28. The summed E-state index contributed by atoms with van der Waals surface area (Å²) in [6, 6.07) is 18.7. The average molecular weight is 293 g/mol. The lowest BCUT2D eigenvalue weighted by Gasteiger charge is -2.26. The van der Waals surface area contributed by atoms with Gasteiger partial charge in [0, 0.05) is 23.5 Å². The lowest BCUT2D eigenvalue weighted by molar-refractivity contribution is 0.102. The summed E-state index contributed by atoms with van der Waals surface area (Å²) < 4.78 is 0.